The topological polar surface area (TPSA) is 32.8 Å². The summed E-state index contributed by atoms with van der Waals surface area (Å²) in [5.41, 5.74) is 2.58. The predicted octanol–water partition coefficient (Wildman–Crippen LogP) is 1.77. The molecule has 2 fully saturated rings. The maximum atomic E-state index is 12.6. The Morgan fingerprint density at radius 2 is 1.95 bits per heavy atom. The van der Waals surface area contributed by atoms with Crippen molar-refractivity contribution in [2.75, 3.05) is 44.3 Å². The summed E-state index contributed by atoms with van der Waals surface area (Å²) >= 11 is 1.92. The molecule has 0 aliphatic carbocycles. The van der Waals surface area contributed by atoms with Gasteiger partial charge in [0.1, 0.15) is 6.10 Å². The Balaban J connectivity index is 1.56. The summed E-state index contributed by atoms with van der Waals surface area (Å²) in [5, 5.41) is 0. The summed E-state index contributed by atoms with van der Waals surface area (Å²) in [7, 11) is 0. The molecule has 22 heavy (non-hydrogen) atoms. The average molecular weight is 320 g/mol. The molecule has 2 saturated heterocycles. The lowest BCUT2D eigenvalue weighted by Crippen LogP contribution is -2.52. The van der Waals surface area contributed by atoms with E-state index in [1.165, 1.54) is 11.1 Å². The smallest absolute Gasteiger partial charge is 0.253 e. The van der Waals surface area contributed by atoms with E-state index in [0.717, 1.165) is 37.7 Å². The third kappa shape index (κ3) is 4.03. The second-order valence-electron chi connectivity index (χ2n) is 6.02. The standard InChI is InChI=1S/C17H24N2O2S/c1-14-2-4-15(5-3-14)12-18-6-9-21-16(13-18)17(20)19-7-10-22-11-8-19/h2-5,16H,6-13H2,1H3. The van der Waals surface area contributed by atoms with E-state index in [1.807, 2.05) is 16.7 Å². The van der Waals surface area contributed by atoms with Crippen LogP contribution < -0.4 is 0 Å². The second-order valence-corrected chi connectivity index (χ2v) is 7.24. The molecule has 4 nitrogen and oxygen atoms in total. The number of carbonyl (C=O) groups is 1. The van der Waals surface area contributed by atoms with Gasteiger partial charge in [-0.05, 0) is 12.5 Å². The zero-order valence-electron chi connectivity index (χ0n) is 13.2. The maximum Gasteiger partial charge on any atom is 0.253 e. The van der Waals surface area contributed by atoms with Crippen molar-refractivity contribution in [2.45, 2.75) is 19.6 Å². The fraction of sp³-hybridized carbons (Fsp3) is 0.588. The van der Waals surface area contributed by atoms with E-state index < -0.39 is 0 Å². The quantitative estimate of drug-likeness (QED) is 0.850. The molecule has 1 aromatic carbocycles. The van der Waals surface area contributed by atoms with Gasteiger partial charge in [0.15, 0.2) is 0 Å². The summed E-state index contributed by atoms with van der Waals surface area (Å²) in [6, 6.07) is 8.63. The third-order valence-corrected chi connectivity index (χ3v) is 5.22. The van der Waals surface area contributed by atoms with Crippen molar-refractivity contribution in [1.82, 2.24) is 9.80 Å². The molecular weight excluding hydrogens is 296 g/mol. The van der Waals surface area contributed by atoms with Gasteiger partial charge in [-0.2, -0.15) is 11.8 Å². The molecule has 120 valence electrons. The van der Waals surface area contributed by atoms with Crippen LogP contribution in [-0.4, -0.2) is 66.1 Å². The van der Waals surface area contributed by atoms with E-state index >= 15 is 0 Å². The molecule has 0 N–H and O–H groups in total. The summed E-state index contributed by atoms with van der Waals surface area (Å²) in [5.74, 6) is 2.27. The minimum absolute atomic E-state index is 0.175. The van der Waals surface area contributed by atoms with Crippen molar-refractivity contribution in [1.29, 1.82) is 0 Å². The van der Waals surface area contributed by atoms with Crippen LogP contribution in [0.1, 0.15) is 11.1 Å². The molecule has 0 radical (unpaired) electrons. The molecule has 1 atom stereocenters. The Bertz CT molecular complexity index is 500. The Kier molecular flexibility index (Phi) is 5.39. The molecule has 5 heteroatoms. The average Bonchev–Trinajstić information content (AvgIpc) is 2.57. The number of aryl methyl sites for hydroxylation is 1. The molecule has 2 aliphatic rings. The minimum atomic E-state index is -0.290. The van der Waals surface area contributed by atoms with Crippen LogP contribution >= 0.6 is 11.8 Å². The highest BCUT2D eigenvalue weighted by Gasteiger charge is 2.30. The van der Waals surface area contributed by atoms with Crippen LogP contribution in [0.15, 0.2) is 24.3 Å². The number of carbonyl (C=O) groups excluding carboxylic acids is 1. The van der Waals surface area contributed by atoms with Crippen LogP contribution in [0.2, 0.25) is 0 Å². The third-order valence-electron chi connectivity index (χ3n) is 4.28. The molecule has 1 unspecified atom stereocenters. The molecule has 1 amide bonds. The van der Waals surface area contributed by atoms with Gasteiger partial charge in [-0.3, -0.25) is 9.69 Å². The van der Waals surface area contributed by atoms with E-state index in [0.29, 0.717) is 13.2 Å². The molecule has 0 bridgehead atoms. The summed E-state index contributed by atoms with van der Waals surface area (Å²) in [4.78, 5) is 16.9. The van der Waals surface area contributed by atoms with Gasteiger partial charge in [-0.1, -0.05) is 29.8 Å². The molecule has 1 aromatic rings. The summed E-state index contributed by atoms with van der Waals surface area (Å²) in [6.45, 7) is 6.96. The van der Waals surface area contributed by atoms with Crippen LogP contribution in [0.4, 0.5) is 0 Å². The molecule has 3 rings (SSSR count). The maximum absolute atomic E-state index is 12.6. The summed E-state index contributed by atoms with van der Waals surface area (Å²) < 4.78 is 5.74. The van der Waals surface area contributed by atoms with Crippen molar-refractivity contribution >= 4 is 17.7 Å². The van der Waals surface area contributed by atoms with Gasteiger partial charge in [0, 0.05) is 44.2 Å². The number of morpholine rings is 1. The van der Waals surface area contributed by atoms with Crippen molar-refractivity contribution < 1.29 is 9.53 Å². The van der Waals surface area contributed by atoms with Crippen molar-refractivity contribution in [2.24, 2.45) is 0 Å². The van der Waals surface area contributed by atoms with E-state index in [4.69, 9.17) is 4.74 Å². The van der Waals surface area contributed by atoms with Gasteiger partial charge in [0.2, 0.25) is 0 Å². The van der Waals surface area contributed by atoms with Crippen LogP contribution in [0.3, 0.4) is 0 Å². The van der Waals surface area contributed by atoms with Gasteiger partial charge in [-0.25, -0.2) is 0 Å². The fourth-order valence-corrected chi connectivity index (χ4v) is 3.84. The van der Waals surface area contributed by atoms with Crippen LogP contribution in [-0.2, 0) is 16.1 Å². The van der Waals surface area contributed by atoms with Crippen LogP contribution in [0, 0.1) is 6.92 Å². The van der Waals surface area contributed by atoms with Gasteiger partial charge in [0.05, 0.1) is 6.61 Å². The number of amides is 1. The first-order chi connectivity index (χ1) is 10.7. The second kappa shape index (κ2) is 7.49. The first kappa shape index (κ1) is 15.8. The Labute approximate surface area is 136 Å². The Morgan fingerprint density at radius 1 is 1.23 bits per heavy atom. The number of benzene rings is 1. The van der Waals surface area contributed by atoms with Crippen LogP contribution in [0.5, 0.6) is 0 Å². The van der Waals surface area contributed by atoms with Crippen molar-refractivity contribution in [3.63, 3.8) is 0 Å². The number of hydrogen-bond donors (Lipinski definition) is 0. The molecule has 0 aromatic heterocycles. The monoisotopic (exact) mass is 320 g/mol. The first-order valence-corrected chi connectivity index (χ1v) is 9.14. The number of nitrogens with zero attached hydrogens (tertiary/aromatic N) is 2. The highest BCUT2D eigenvalue weighted by Crippen LogP contribution is 2.16. The zero-order chi connectivity index (χ0) is 15.4. The minimum Gasteiger partial charge on any atom is -0.366 e. The van der Waals surface area contributed by atoms with Gasteiger partial charge >= 0.3 is 0 Å². The summed E-state index contributed by atoms with van der Waals surface area (Å²) in [6.07, 6.45) is -0.290. The lowest BCUT2D eigenvalue weighted by molar-refractivity contribution is -0.149. The van der Waals surface area contributed by atoms with E-state index in [1.54, 1.807) is 0 Å². The van der Waals surface area contributed by atoms with E-state index in [2.05, 4.69) is 36.1 Å². The Hall–Kier alpha value is -1.04. The largest absolute Gasteiger partial charge is 0.366 e. The van der Waals surface area contributed by atoms with Crippen LogP contribution in [0.25, 0.3) is 0 Å². The van der Waals surface area contributed by atoms with Gasteiger partial charge in [0.25, 0.3) is 5.91 Å². The number of rotatable bonds is 3. The van der Waals surface area contributed by atoms with Gasteiger partial charge < -0.3 is 9.64 Å². The molecule has 2 aliphatic heterocycles. The lowest BCUT2D eigenvalue weighted by atomic mass is 10.1. The lowest BCUT2D eigenvalue weighted by Gasteiger charge is -2.36. The molecule has 2 heterocycles. The van der Waals surface area contributed by atoms with Crippen molar-refractivity contribution in [3.8, 4) is 0 Å². The zero-order valence-corrected chi connectivity index (χ0v) is 14.0. The fourth-order valence-electron chi connectivity index (χ4n) is 2.93. The van der Waals surface area contributed by atoms with Gasteiger partial charge in [-0.15, -0.1) is 0 Å². The number of thioether (sulfide) groups is 1. The first-order valence-electron chi connectivity index (χ1n) is 7.98. The molecular formula is C17H24N2O2S. The highest BCUT2D eigenvalue weighted by molar-refractivity contribution is 7.99. The SMILES string of the molecule is Cc1ccc(CN2CCOC(C(=O)N3CCSCC3)C2)cc1. The van der Waals surface area contributed by atoms with E-state index in [9.17, 15) is 4.79 Å². The normalized spacial score (nSPS) is 23.5. The Morgan fingerprint density at radius 3 is 2.68 bits per heavy atom. The molecule has 0 spiro atoms. The predicted molar refractivity (Wildman–Crippen MR) is 90.1 cm³/mol. The number of ether oxygens (including phenoxy) is 1. The highest BCUT2D eigenvalue weighted by atomic mass is 32.2. The molecule has 0 saturated carbocycles. The number of hydrogen-bond acceptors (Lipinski definition) is 4. The van der Waals surface area contributed by atoms with Crippen molar-refractivity contribution in [3.05, 3.63) is 35.4 Å². The van der Waals surface area contributed by atoms with E-state index in [-0.39, 0.29) is 12.0 Å².